The van der Waals surface area contributed by atoms with Crippen LogP contribution in [0.3, 0.4) is 0 Å². The number of aromatic nitrogens is 4. The quantitative estimate of drug-likeness (QED) is 0.187. The second kappa shape index (κ2) is 13.3. The Hall–Kier alpha value is -6.38. The van der Waals surface area contributed by atoms with Crippen molar-refractivity contribution in [2.75, 3.05) is 0 Å². The highest BCUT2D eigenvalue weighted by Gasteiger charge is 2.30. The lowest BCUT2D eigenvalue weighted by atomic mass is 10.0. The summed E-state index contributed by atoms with van der Waals surface area (Å²) in [6.45, 7) is 0. The molecule has 7 aromatic rings. The van der Waals surface area contributed by atoms with Crippen molar-refractivity contribution in [2.45, 2.75) is 16.0 Å². The molecule has 9 rings (SSSR count). The Morgan fingerprint density at radius 2 is 0.792 bits per heavy atom. The van der Waals surface area contributed by atoms with Gasteiger partial charge in [-0.25, -0.2) is 9.97 Å². The van der Waals surface area contributed by atoms with E-state index in [1.54, 1.807) is 0 Å². The minimum atomic E-state index is -4.42. The van der Waals surface area contributed by atoms with Crippen molar-refractivity contribution in [3.8, 4) is 33.4 Å². The summed E-state index contributed by atoms with van der Waals surface area (Å²) in [7, 11) is 0. The Kier molecular flexibility index (Phi) is 8.16. The number of nitrogens with zero attached hydrogens (tertiary/aromatic N) is 2. The van der Waals surface area contributed by atoms with E-state index in [0.717, 1.165) is 89.6 Å². The molecule has 4 aromatic carbocycles. The highest BCUT2D eigenvalue weighted by atomic mass is 32.2. The second-order valence-corrected chi connectivity index (χ2v) is 13.8. The molecule has 5 heterocycles. The lowest BCUT2D eigenvalue weighted by Gasteiger charge is -2.08. The Morgan fingerprint density at radius 3 is 1.23 bits per heavy atom. The molecule has 2 aliphatic rings. The number of halogens is 3. The van der Waals surface area contributed by atoms with Gasteiger partial charge >= 0.3 is 6.18 Å². The first-order valence-electron chi connectivity index (χ1n) is 17.1. The van der Waals surface area contributed by atoms with Gasteiger partial charge in [0.1, 0.15) is 0 Å². The van der Waals surface area contributed by atoms with Crippen LogP contribution in [0, 0.1) is 0 Å². The Morgan fingerprint density at radius 1 is 0.415 bits per heavy atom. The summed E-state index contributed by atoms with van der Waals surface area (Å²) in [5.74, 6) is 0. The van der Waals surface area contributed by atoms with E-state index in [9.17, 15) is 13.2 Å². The van der Waals surface area contributed by atoms with Gasteiger partial charge in [-0.3, -0.25) is 0 Å². The van der Waals surface area contributed by atoms with Crippen LogP contribution in [0.15, 0.2) is 149 Å². The number of benzene rings is 4. The molecule has 4 nitrogen and oxygen atoms in total. The second-order valence-electron chi connectivity index (χ2n) is 12.7. The average Bonchev–Trinajstić information content (AvgIpc) is 4.02. The Balaban J connectivity index is 1.40. The third kappa shape index (κ3) is 6.27. The van der Waals surface area contributed by atoms with Gasteiger partial charge in [-0.05, 0) is 89.5 Å². The van der Waals surface area contributed by atoms with Crippen LogP contribution < -0.4 is 0 Å². The molecule has 0 atom stereocenters. The van der Waals surface area contributed by atoms with Crippen LogP contribution in [0.4, 0.5) is 13.2 Å². The third-order valence-corrected chi connectivity index (χ3v) is 10.4. The summed E-state index contributed by atoms with van der Waals surface area (Å²) in [5.41, 5.74) is 11.6. The predicted molar refractivity (Wildman–Crippen MR) is 211 cm³/mol. The Bertz CT molecular complexity index is 2670. The van der Waals surface area contributed by atoms with Gasteiger partial charge in [-0.15, -0.1) is 0 Å². The maximum absolute atomic E-state index is 13.5. The molecule has 256 valence electrons. The van der Waals surface area contributed by atoms with Gasteiger partial charge in [0.2, 0.25) is 0 Å². The van der Waals surface area contributed by atoms with Gasteiger partial charge in [0.05, 0.1) is 38.8 Å². The smallest absolute Gasteiger partial charge is 0.354 e. The zero-order valence-electron chi connectivity index (χ0n) is 28.0. The zero-order chi connectivity index (χ0) is 35.9. The predicted octanol–water partition coefficient (Wildman–Crippen LogP) is 12.8. The number of rotatable bonds is 5. The summed E-state index contributed by atoms with van der Waals surface area (Å²) < 4.78 is 40.4. The van der Waals surface area contributed by atoms with Gasteiger partial charge in [0, 0.05) is 38.1 Å². The molecule has 3 aromatic heterocycles. The fourth-order valence-electron chi connectivity index (χ4n) is 6.84. The first-order chi connectivity index (χ1) is 25.9. The van der Waals surface area contributed by atoms with E-state index >= 15 is 0 Å². The molecule has 0 aliphatic carbocycles. The van der Waals surface area contributed by atoms with Crippen LogP contribution in [0.1, 0.15) is 28.3 Å². The van der Waals surface area contributed by atoms with Crippen LogP contribution in [-0.2, 0) is 6.18 Å². The standard InChI is InChI=1S/C45H29F3N4S/c46-45(47,48)31-16-18-32(19-17-31)53-44-39-26-24-37(51-39)42(29-12-6-2-7-13-29)35-22-20-33(49-35)41(28-10-4-1-5-11-28)34-21-23-36(50-34)43(30-14-8-3-9-15-30)38-25-27-40(44)52-38/h1-27,49,52H. The maximum atomic E-state index is 13.5. The number of hydrogen-bond acceptors (Lipinski definition) is 3. The van der Waals surface area contributed by atoms with Crippen LogP contribution >= 0.6 is 11.8 Å². The van der Waals surface area contributed by atoms with E-state index in [2.05, 4.69) is 70.7 Å². The van der Waals surface area contributed by atoms with Crippen LogP contribution in [0.5, 0.6) is 0 Å². The summed E-state index contributed by atoms with van der Waals surface area (Å²) in [6, 6.07) is 44.0. The molecule has 0 saturated heterocycles. The molecule has 8 heteroatoms. The van der Waals surface area contributed by atoms with Crippen molar-refractivity contribution in [1.29, 1.82) is 0 Å². The molecular weight excluding hydrogens is 686 g/mol. The zero-order valence-corrected chi connectivity index (χ0v) is 28.8. The number of aromatic amines is 2. The first-order valence-corrected chi connectivity index (χ1v) is 17.9. The van der Waals surface area contributed by atoms with E-state index in [-0.39, 0.29) is 0 Å². The molecule has 0 fully saturated rings. The topological polar surface area (TPSA) is 57.4 Å². The van der Waals surface area contributed by atoms with E-state index in [1.807, 2.05) is 78.9 Å². The van der Waals surface area contributed by atoms with E-state index < -0.39 is 11.7 Å². The molecule has 2 aliphatic heterocycles. The van der Waals surface area contributed by atoms with E-state index in [1.165, 1.54) is 23.9 Å². The molecule has 0 spiro atoms. The Labute approximate surface area is 307 Å². The summed E-state index contributed by atoms with van der Waals surface area (Å²) in [4.78, 5) is 19.3. The fourth-order valence-corrected chi connectivity index (χ4v) is 7.80. The van der Waals surface area contributed by atoms with Crippen molar-refractivity contribution in [1.82, 2.24) is 19.9 Å². The molecule has 2 N–H and O–H groups in total. The lowest BCUT2D eigenvalue weighted by Crippen LogP contribution is -2.03. The van der Waals surface area contributed by atoms with Crippen molar-refractivity contribution in [2.24, 2.45) is 0 Å². The minimum absolute atomic E-state index is 0.656. The number of H-pyrrole nitrogens is 2. The number of fused-ring (bicyclic) bond motifs is 8. The highest BCUT2D eigenvalue weighted by Crippen LogP contribution is 2.40. The lowest BCUT2D eigenvalue weighted by molar-refractivity contribution is -0.137. The normalized spacial score (nSPS) is 12.4. The number of alkyl halides is 3. The molecular formula is C45H29F3N4S. The van der Waals surface area contributed by atoms with Crippen molar-refractivity contribution in [3.05, 3.63) is 168 Å². The van der Waals surface area contributed by atoms with Gasteiger partial charge in [-0.2, -0.15) is 13.2 Å². The maximum Gasteiger partial charge on any atom is 0.416 e. The third-order valence-electron chi connectivity index (χ3n) is 9.29. The van der Waals surface area contributed by atoms with Gasteiger partial charge in [0.15, 0.2) is 0 Å². The van der Waals surface area contributed by atoms with Crippen LogP contribution in [-0.4, -0.2) is 19.9 Å². The monoisotopic (exact) mass is 714 g/mol. The minimum Gasteiger partial charge on any atom is -0.354 e. The highest BCUT2D eigenvalue weighted by molar-refractivity contribution is 7.99. The van der Waals surface area contributed by atoms with Crippen LogP contribution in [0.2, 0.25) is 0 Å². The molecule has 0 amide bonds. The molecule has 0 radical (unpaired) electrons. The largest absolute Gasteiger partial charge is 0.416 e. The van der Waals surface area contributed by atoms with Crippen molar-refractivity contribution < 1.29 is 13.2 Å². The van der Waals surface area contributed by atoms with Crippen molar-refractivity contribution >= 4 is 58.1 Å². The van der Waals surface area contributed by atoms with Crippen LogP contribution in [0.25, 0.3) is 79.8 Å². The molecule has 53 heavy (non-hydrogen) atoms. The SMILES string of the molecule is FC(F)(F)c1ccc(Sc2c3nc(c(-c4ccccc4)c4ccc([nH]4)c(-c4ccccc4)c4nc(c(-c5ccccc5)c5ccc2[nH]5)C=C4)C=C3)cc1. The van der Waals surface area contributed by atoms with E-state index in [4.69, 9.17) is 9.97 Å². The molecule has 0 saturated carbocycles. The van der Waals surface area contributed by atoms with Gasteiger partial charge in [0.25, 0.3) is 0 Å². The number of nitrogens with one attached hydrogen (secondary N) is 2. The molecule has 0 unspecified atom stereocenters. The van der Waals surface area contributed by atoms with Gasteiger partial charge < -0.3 is 9.97 Å². The van der Waals surface area contributed by atoms with Crippen molar-refractivity contribution in [3.63, 3.8) is 0 Å². The molecule has 8 bridgehead atoms. The summed E-state index contributed by atoms with van der Waals surface area (Å²) in [5, 5.41) is 0. The first kappa shape index (κ1) is 32.5. The number of hydrogen-bond donors (Lipinski definition) is 2. The van der Waals surface area contributed by atoms with E-state index in [0.29, 0.717) is 10.6 Å². The fraction of sp³-hybridized carbons (Fsp3) is 0.0222. The summed E-state index contributed by atoms with van der Waals surface area (Å²) >= 11 is 1.37. The average molecular weight is 715 g/mol. The van der Waals surface area contributed by atoms with Gasteiger partial charge in [-0.1, -0.05) is 103 Å². The summed E-state index contributed by atoms with van der Waals surface area (Å²) in [6.07, 6.45) is 3.67.